The molecule has 0 radical (unpaired) electrons. The van der Waals surface area contributed by atoms with Crippen LogP contribution in [0.2, 0.25) is 0 Å². The van der Waals surface area contributed by atoms with Crippen LogP contribution in [-0.2, 0) is 0 Å². The second-order valence-corrected chi connectivity index (χ2v) is 2.68. The van der Waals surface area contributed by atoms with Crippen LogP contribution in [0.15, 0.2) is 24.3 Å². The van der Waals surface area contributed by atoms with E-state index in [0.29, 0.717) is 5.56 Å². The lowest BCUT2D eigenvalue weighted by Gasteiger charge is -2.08. The molecular formula is C9H12ClNO2. The second-order valence-electron chi connectivity index (χ2n) is 2.68. The molecule has 0 aliphatic heterocycles. The molecular weight excluding hydrogens is 190 g/mol. The maximum Gasteiger partial charge on any atom is 0.336 e. The second kappa shape index (κ2) is 4.84. The van der Waals surface area contributed by atoms with Crippen molar-refractivity contribution >= 4 is 18.4 Å². The highest BCUT2D eigenvalue weighted by Gasteiger charge is 2.10. The number of hydrogen-bond acceptors (Lipinski definition) is 2. The first-order valence-corrected chi connectivity index (χ1v) is 3.70. The van der Waals surface area contributed by atoms with Gasteiger partial charge in [0, 0.05) is 6.04 Å². The highest BCUT2D eigenvalue weighted by molar-refractivity contribution is 5.89. The fourth-order valence-electron chi connectivity index (χ4n) is 1.09. The standard InChI is InChI=1S/C9H11NO2.ClH/c1-6(10)7-4-2-3-5-8(7)9(11)12;/h2-6H,10H2,1H3,(H,11,12);1H/t6-;/m1./s1. The van der Waals surface area contributed by atoms with Crippen molar-refractivity contribution in [1.29, 1.82) is 0 Å². The molecule has 4 heteroatoms. The molecule has 1 aromatic carbocycles. The number of benzene rings is 1. The number of halogens is 1. The zero-order valence-electron chi connectivity index (χ0n) is 7.23. The van der Waals surface area contributed by atoms with Gasteiger partial charge in [-0.15, -0.1) is 12.4 Å². The summed E-state index contributed by atoms with van der Waals surface area (Å²) in [5.41, 5.74) is 6.55. The van der Waals surface area contributed by atoms with E-state index in [2.05, 4.69) is 0 Å². The van der Waals surface area contributed by atoms with Crippen molar-refractivity contribution in [1.82, 2.24) is 0 Å². The number of rotatable bonds is 2. The van der Waals surface area contributed by atoms with Crippen LogP contribution in [0.4, 0.5) is 0 Å². The van der Waals surface area contributed by atoms with E-state index in [-0.39, 0.29) is 24.0 Å². The molecule has 0 saturated carbocycles. The summed E-state index contributed by atoms with van der Waals surface area (Å²) in [6.45, 7) is 1.77. The van der Waals surface area contributed by atoms with Crippen molar-refractivity contribution in [3.05, 3.63) is 35.4 Å². The summed E-state index contributed by atoms with van der Waals surface area (Å²) in [5, 5.41) is 8.76. The predicted octanol–water partition coefficient (Wildman–Crippen LogP) is 1.83. The van der Waals surface area contributed by atoms with Crippen LogP contribution in [0, 0.1) is 0 Å². The quantitative estimate of drug-likeness (QED) is 0.768. The number of aromatic carboxylic acids is 1. The zero-order chi connectivity index (χ0) is 9.14. The predicted molar refractivity (Wildman–Crippen MR) is 53.3 cm³/mol. The van der Waals surface area contributed by atoms with Crippen LogP contribution < -0.4 is 5.73 Å². The molecule has 1 aromatic rings. The van der Waals surface area contributed by atoms with E-state index in [0.717, 1.165) is 0 Å². The molecule has 1 rings (SSSR count). The molecule has 0 spiro atoms. The summed E-state index contributed by atoms with van der Waals surface area (Å²) < 4.78 is 0. The Morgan fingerprint density at radius 3 is 2.38 bits per heavy atom. The number of nitrogens with two attached hydrogens (primary N) is 1. The van der Waals surface area contributed by atoms with E-state index in [1.54, 1.807) is 31.2 Å². The van der Waals surface area contributed by atoms with Crippen molar-refractivity contribution in [2.75, 3.05) is 0 Å². The minimum atomic E-state index is -0.928. The van der Waals surface area contributed by atoms with E-state index in [9.17, 15) is 4.79 Å². The molecule has 3 N–H and O–H groups in total. The van der Waals surface area contributed by atoms with E-state index < -0.39 is 5.97 Å². The highest BCUT2D eigenvalue weighted by atomic mass is 35.5. The molecule has 0 bridgehead atoms. The third-order valence-corrected chi connectivity index (χ3v) is 1.68. The van der Waals surface area contributed by atoms with Crippen LogP contribution in [0.1, 0.15) is 28.9 Å². The first-order valence-electron chi connectivity index (χ1n) is 3.70. The fraction of sp³-hybridized carbons (Fsp3) is 0.222. The molecule has 0 saturated heterocycles. The number of carbonyl (C=O) groups is 1. The van der Waals surface area contributed by atoms with Gasteiger partial charge in [0.05, 0.1) is 5.56 Å². The Morgan fingerprint density at radius 2 is 2.00 bits per heavy atom. The molecule has 72 valence electrons. The largest absolute Gasteiger partial charge is 0.478 e. The minimum Gasteiger partial charge on any atom is -0.478 e. The van der Waals surface area contributed by atoms with E-state index in [1.165, 1.54) is 0 Å². The smallest absolute Gasteiger partial charge is 0.336 e. The number of carboxylic acid groups (broad SMARTS) is 1. The first kappa shape index (κ1) is 11.9. The van der Waals surface area contributed by atoms with Gasteiger partial charge < -0.3 is 10.8 Å². The molecule has 0 heterocycles. The Bertz CT molecular complexity index is 299. The molecule has 0 unspecified atom stereocenters. The SMILES string of the molecule is C[C@@H](N)c1ccccc1C(=O)O.Cl. The monoisotopic (exact) mass is 201 g/mol. The van der Waals surface area contributed by atoms with Crippen molar-refractivity contribution in [3.8, 4) is 0 Å². The van der Waals surface area contributed by atoms with Gasteiger partial charge in [-0.1, -0.05) is 18.2 Å². The molecule has 0 amide bonds. The average molecular weight is 202 g/mol. The Hall–Kier alpha value is -1.06. The van der Waals surface area contributed by atoms with E-state index in [4.69, 9.17) is 10.8 Å². The van der Waals surface area contributed by atoms with Crippen LogP contribution in [-0.4, -0.2) is 11.1 Å². The van der Waals surface area contributed by atoms with Gasteiger partial charge in [0.15, 0.2) is 0 Å². The minimum absolute atomic E-state index is 0. The van der Waals surface area contributed by atoms with Crippen molar-refractivity contribution in [3.63, 3.8) is 0 Å². The lowest BCUT2D eigenvalue weighted by molar-refractivity contribution is 0.0695. The topological polar surface area (TPSA) is 63.3 Å². The molecule has 0 aliphatic rings. The normalized spacial score (nSPS) is 11.5. The molecule has 1 atom stereocenters. The van der Waals surface area contributed by atoms with E-state index in [1.807, 2.05) is 0 Å². The van der Waals surface area contributed by atoms with E-state index >= 15 is 0 Å². The van der Waals surface area contributed by atoms with Gasteiger partial charge in [0.2, 0.25) is 0 Å². The van der Waals surface area contributed by atoms with Crippen LogP contribution in [0.5, 0.6) is 0 Å². The van der Waals surface area contributed by atoms with Crippen molar-refractivity contribution in [2.24, 2.45) is 5.73 Å². The Balaban J connectivity index is 0.00000144. The Kier molecular flexibility index (Phi) is 4.45. The fourth-order valence-corrected chi connectivity index (χ4v) is 1.09. The molecule has 3 nitrogen and oxygen atoms in total. The van der Waals surface area contributed by atoms with Gasteiger partial charge in [-0.25, -0.2) is 4.79 Å². The van der Waals surface area contributed by atoms with Gasteiger partial charge in [0.1, 0.15) is 0 Å². The third kappa shape index (κ3) is 2.72. The summed E-state index contributed by atoms with van der Waals surface area (Å²) in [6.07, 6.45) is 0. The summed E-state index contributed by atoms with van der Waals surface area (Å²) in [6, 6.07) is 6.52. The van der Waals surface area contributed by atoms with Gasteiger partial charge in [0.25, 0.3) is 0 Å². The molecule has 0 aliphatic carbocycles. The van der Waals surface area contributed by atoms with Crippen molar-refractivity contribution in [2.45, 2.75) is 13.0 Å². The van der Waals surface area contributed by atoms with Gasteiger partial charge >= 0.3 is 5.97 Å². The van der Waals surface area contributed by atoms with Crippen molar-refractivity contribution < 1.29 is 9.90 Å². The summed E-state index contributed by atoms with van der Waals surface area (Å²) >= 11 is 0. The summed E-state index contributed by atoms with van der Waals surface area (Å²) in [4.78, 5) is 10.7. The Morgan fingerprint density at radius 1 is 1.46 bits per heavy atom. The molecule has 13 heavy (non-hydrogen) atoms. The number of carboxylic acids is 1. The first-order chi connectivity index (χ1) is 5.63. The zero-order valence-corrected chi connectivity index (χ0v) is 8.04. The number of hydrogen-bond donors (Lipinski definition) is 2. The maximum atomic E-state index is 10.7. The third-order valence-electron chi connectivity index (χ3n) is 1.68. The lowest BCUT2D eigenvalue weighted by atomic mass is 10.0. The average Bonchev–Trinajstić information content (AvgIpc) is 2.04. The summed E-state index contributed by atoms with van der Waals surface area (Å²) in [5.74, 6) is -0.928. The van der Waals surface area contributed by atoms with Gasteiger partial charge in [-0.05, 0) is 18.6 Å². The lowest BCUT2D eigenvalue weighted by Crippen LogP contribution is -2.11. The van der Waals surface area contributed by atoms with Gasteiger partial charge in [-0.2, -0.15) is 0 Å². The Labute approximate surface area is 83.0 Å². The summed E-state index contributed by atoms with van der Waals surface area (Å²) in [7, 11) is 0. The highest BCUT2D eigenvalue weighted by Crippen LogP contribution is 2.14. The van der Waals surface area contributed by atoms with Gasteiger partial charge in [-0.3, -0.25) is 0 Å². The van der Waals surface area contributed by atoms with Crippen LogP contribution in [0.3, 0.4) is 0 Å². The molecule has 0 fully saturated rings. The van der Waals surface area contributed by atoms with Crippen LogP contribution >= 0.6 is 12.4 Å². The van der Waals surface area contributed by atoms with Crippen LogP contribution in [0.25, 0.3) is 0 Å². The maximum absolute atomic E-state index is 10.7. The molecule has 0 aromatic heterocycles.